The molecule has 0 aliphatic rings. The molecule has 2 heterocycles. The summed E-state index contributed by atoms with van der Waals surface area (Å²) in [6.45, 7) is 2.33. The van der Waals surface area contributed by atoms with Gasteiger partial charge in [0, 0.05) is 10.4 Å². The second kappa shape index (κ2) is 7.31. The minimum atomic E-state index is -0.0422. The quantitative estimate of drug-likeness (QED) is 0.744. The summed E-state index contributed by atoms with van der Waals surface area (Å²) < 4.78 is 10.4. The molecule has 2 aromatic heterocycles. The van der Waals surface area contributed by atoms with Crippen LogP contribution in [0.5, 0.6) is 5.75 Å². The van der Waals surface area contributed by atoms with Crippen LogP contribution in [0, 0.1) is 6.92 Å². The topological polar surface area (TPSA) is 64.4 Å². The van der Waals surface area contributed by atoms with E-state index in [2.05, 4.69) is 10.3 Å². The number of rotatable bonds is 6. The number of aromatic nitrogens is 1. The van der Waals surface area contributed by atoms with Gasteiger partial charge in [-0.1, -0.05) is 0 Å². The number of aryl methyl sites for hydroxylation is 1. The van der Waals surface area contributed by atoms with E-state index in [4.69, 9.17) is 9.15 Å². The highest BCUT2D eigenvalue weighted by molar-refractivity contribution is 7.15. The van der Waals surface area contributed by atoms with Gasteiger partial charge < -0.3 is 14.5 Å². The lowest BCUT2D eigenvalue weighted by Gasteiger charge is -2.02. The van der Waals surface area contributed by atoms with E-state index in [1.807, 2.05) is 37.3 Å². The fourth-order valence-corrected chi connectivity index (χ4v) is 3.32. The van der Waals surface area contributed by atoms with E-state index < -0.39 is 0 Å². The lowest BCUT2D eigenvalue weighted by molar-refractivity contribution is -0.120. The fraction of sp³-hybridized carbons (Fsp3) is 0.222. The van der Waals surface area contributed by atoms with E-state index in [0.29, 0.717) is 13.0 Å². The zero-order valence-electron chi connectivity index (χ0n) is 13.5. The maximum Gasteiger partial charge on any atom is 0.225 e. The number of nitrogens with zero attached hydrogens (tertiary/aromatic N) is 1. The number of benzene rings is 1. The molecule has 0 aliphatic heterocycles. The van der Waals surface area contributed by atoms with Crippen molar-refractivity contribution in [2.24, 2.45) is 0 Å². The first kappa shape index (κ1) is 16.3. The van der Waals surface area contributed by atoms with Gasteiger partial charge in [0.05, 0.1) is 32.0 Å². The molecular weight excluding hydrogens is 324 g/mol. The third-order valence-electron chi connectivity index (χ3n) is 3.59. The first-order chi connectivity index (χ1) is 11.7. The molecule has 0 atom stereocenters. The third-order valence-corrected chi connectivity index (χ3v) is 4.80. The number of amides is 1. The Bertz CT molecular complexity index is 807. The summed E-state index contributed by atoms with van der Waals surface area (Å²) in [5, 5.41) is 3.76. The van der Waals surface area contributed by atoms with Crippen molar-refractivity contribution in [3.05, 3.63) is 59.0 Å². The summed E-state index contributed by atoms with van der Waals surface area (Å²) in [4.78, 5) is 17.6. The van der Waals surface area contributed by atoms with Crippen LogP contribution in [-0.4, -0.2) is 18.0 Å². The average molecular weight is 342 g/mol. The molecule has 6 heteroatoms. The van der Waals surface area contributed by atoms with Crippen molar-refractivity contribution in [2.75, 3.05) is 7.11 Å². The largest absolute Gasteiger partial charge is 0.497 e. The molecule has 0 fully saturated rings. The first-order valence-corrected chi connectivity index (χ1v) is 8.37. The second-order valence-corrected chi connectivity index (χ2v) is 6.37. The number of nitrogens with one attached hydrogen (secondary N) is 1. The number of carbonyl (C=O) groups excluding carboxylic acids is 1. The molecule has 0 radical (unpaired) electrons. The molecule has 0 aliphatic carbocycles. The Balaban J connectivity index is 1.65. The minimum Gasteiger partial charge on any atom is -0.497 e. The molecule has 124 valence electrons. The monoisotopic (exact) mass is 342 g/mol. The van der Waals surface area contributed by atoms with E-state index in [9.17, 15) is 4.79 Å². The van der Waals surface area contributed by atoms with E-state index in [1.54, 1.807) is 30.8 Å². The predicted octanol–water partition coefficient (Wildman–Crippen LogP) is 3.58. The first-order valence-electron chi connectivity index (χ1n) is 7.55. The van der Waals surface area contributed by atoms with E-state index >= 15 is 0 Å². The number of carbonyl (C=O) groups is 1. The van der Waals surface area contributed by atoms with Gasteiger partial charge >= 0.3 is 0 Å². The average Bonchev–Trinajstić information content (AvgIpc) is 3.23. The van der Waals surface area contributed by atoms with Gasteiger partial charge in [-0.15, -0.1) is 11.3 Å². The fourth-order valence-electron chi connectivity index (χ4n) is 2.26. The molecule has 5 nitrogen and oxygen atoms in total. The molecule has 24 heavy (non-hydrogen) atoms. The van der Waals surface area contributed by atoms with Crippen molar-refractivity contribution in [2.45, 2.75) is 19.9 Å². The molecule has 1 amide bonds. The SMILES string of the molecule is COc1ccc(-c2nc(C)c(CC(=O)NCc3ccco3)s2)cc1. The number of thiazole rings is 1. The zero-order chi connectivity index (χ0) is 16.9. The summed E-state index contributed by atoms with van der Waals surface area (Å²) in [5.41, 5.74) is 1.91. The molecule has 1 aromatic carbocycles. The summed E-state index contributed by atoms with van der Waals surface area (Å²) >= 11 is 1.54. The lowest BCUT2D eigenvalue weighted by atomic mass is 10.2. The number of furan rings is 1. The van der Waals surface area contributed by atoms with Crippen molar-refractivity contribution < 1.29 is 13.9 Å². The predicted molar refractivity (Wildman–Crippen MR) is 93.1 cm³/mol. The van der Waals surface area contributed by atoms with E-state index in [0.717, 1.165) is 32.7 Å². The highest BCUT2D eigenvalue weighted by Gasteiger charge is 2.13. The van der Waals surface area contributed by atoms with Crippen LogP contribution in [0.1, 0.15) is 16.3 Å². The van der Waals surface area contributed by atoms with Gasteiger partial charge in [-0.05, 0) is 43.3 Å². The highest BCUT2D eigenvalue weighted by Crippen LogP contribution is 2.29. The van der Waals surface area contributed by atoms with Crippen LogP contribution in [-0.2, 0) is 17.8 Å². The molecule has 0 bridgehead atoms. The maximum absolute atomic E-state index is 12.1. The van der Waals surface area contributed by atoms with Gasteiger partial charge in [0.1, 0.15) is 16.5 Å². The Morgan fingerprint density at radius 3 is 2.75 bits per heavy atom. The molecular formula is C18H18N2O3S. The minimum absolute atomic E-state index is 0.0422. The molecule has 0 saturated carbocycles. The van der Waals surface area contributed by atoms with Crippen molar-refractivity contribution in [1.82, 2.24) is 10.3 Å². The number of methoxy groups -OCH3 is 1. The van der Waals surface area contributed by atoms with Crippen LogP contribution in [0.15, 0.2) is 47.1 Å². The second-order valence-electron chi connectivity index (χ2n) is 5.29. The lowest BCUT2D eigenvalue weighted by Crippen LogP contribution is -2.24. The normalized spacial score (nSPS) is 10.6. The van der Waals surface area contributed by atoms with Crippen LogP contribution < -0.4 is 10.1 Å². The van der Waals surface area contributed by atoms with Crippen molar-refractivity contribution in [3.63, 3.8) is 0 Å². The van der Waals surface area contributed by atoms with Crippen LogP contribution in [0.25, 0.3) is 10.6 Å². The van der Waals surface area contributed by atoms with E-state index in [1.165, 1.54) is 0 Å². The standard InChI is InChI=1S/C18H18N2O3S/c1-12-16(10-17(21)19-11-15-4-3-9-23-15)24-18(20-12)13-5-7-14(22-2)8-6-13/h3-9H,10-11H2,1-2H3,(H,19,21). The number of ether oxygens (including phenoxy) is 1. The van der Waals surface area contributed by atoms with Gasteiger partial charge in [0.25, 0.3) is 0 Å². The van der Waals surface area contributed by atoms with Crippen LogP contribution in [0.2, 0.25) is 0 Å². The van der Waals surface area contributed by atoms with Gasteiger partial charge in [-0.2, -0.15) is 0 Å². The van der Waals surface area contributed by atoms with Crippen LogP contribution in [0.3, 0.4) is 0 Å². The zero-order valence-corrected chi connectivity index (χ0v) is 14.4. The molecule has 1 N–H and O–H groups in total. The summed E-state index contributed by atoms with van der Waals surface area (Å²) in [7, 11) is 1.64. The Morgan fingerprint density at radius 1 is 1.29 bits per heavy atom. The maximum atomic E-state index is 12.1. The molecule has 0 spiro atoms. The Kier molecular flexibility index (Phi) is 4.96. The smallest absolute Gasteiger partial charge is 0.225 e. The highest BCUT2D eigenvalue weighted by atomic mass is 32.1. The van der Waals surface area contributed by atoms with Crippen molar-refractivity contribution in [3.8, 4) is 16.3 Å². The van der Waals surface area contributed by atoms with Crippen LogP contribution >= 0.6 is 11.3 Å². The van der Waals surface area contributed by atoms with Gasteiger partial charge in [-0.25, -0.2) is 4.98 Å². The molecule has 0 saturated heterocycles. The molecule has 3 rings (SSSR count). The summed E-state index contributed by atoms with van der Waals surface area (Å²) in [5.74, 6) is 1.51. The van der Waals surface area contributed by atoms with Crippen molar-refractivity contribution in [1.29, 1.82) is 0 Å². The molecule has 0 unspecified atom stereocenters. The third kappa shape index (κ3) is 3.83. The Labute approximate surface area is 144 Å². The Hall–Kier alpha value is -2.60. The van der Waals surface area contributed by atoms with E-state index in [-0.39, 0.29) is 5.91 Å². The summed E-state index contributed by atoms with van der Waals surface area (Å²) in [6, 6.07) is 11.4. The Morgan fingerprint density at radius 2 is 2.08 bits per heavy atom. The van der Waals surface area contributed by atoms with Gasteiger partial charge in [-0.3, -0.25) is 4.79 Å². The number of hydrogen-bond acceptors (Lipinski definition) is 5. The van der Waals surface area contributed by atoms with Crippen molar-refractivity contribution >= 4 is 17.2 Å². The van der Waals surface area contributed by atoms with Gasteiger partial charge in [0.15, 0.2) is 0 Å². The summed E-state index contributed by atoms with van der Waals surface area (Å²) in [6.07, 6.45) is 1.91. The van der Waals surface area contributed by atoms with Crippen LogP contribution in [0.4, 0.5) is 0 Å². The number of hydrogen-bond donors (Lipinski definition) is 1. The van der Waals surface area contributed by atoms with Gasteiger partial charge in [0.2, 0.25) is 5.91 Å². The molecule has 3 aromatic rings.